The summed E-state index contributed by atoms with van der Waals surface area (Å²) in [5.74, 6) is -0.269. The number of phenolic OH excluding ortho intramolecular Hbond substituents is 1. The van der Waals surface area contributed by atoms with Gasteiger partial charge >= 0.3 is 5.97 Å². The lowest BCUT2D eigenvalue weighted by Crippen LogP contribution is -2.44. The maximum Gasteiger partial charge on any atom is 0.323 e. The van der Waals surface area contributed by atoms with Crippen molar-refractivity contribution in [3.8, 4) is 5.75 Å². The van der Waals surface area contributed by atoms with Gasteiger partial charge in [0, 0.05) is 12.1 Å². The van der Waals surface area contributed by atoms with Crippen molar-refractivity contribution in [1.82, 2.24) is 5.32 Å². The van der Waals surface area contributed by atoms with Crippen LogP contribution in [-0.4, -0.2) is 34.4 Å². The summed E-state index contributed by atoms with van der Waals surface area (Å²) in [6.07, 6.45) is 0.320. The molecule has 3 N–H and O–H groups in total. The van der Waals surface area contributed by atoms with Gasteiger partial charge in [0.2, 0.25) is 0 Å². The van der Waals surface area contributed by atoms with E-state index in [-0.39, 0.29) is 18.0 Å². The molecule has 4 rings (SSSR count). The topological polar surface area (TPSA) is 126 Å². The van der Waals surface area contributed by atoms with Crippen LogP contribution in [0, 0.1) is 10.1 Å². The van der Waals surface area contributed by atoms with Crippen molar-refractivity contribution in [2.45, 2.75) is 25.4 Å². The van der Waals surface area contributed by atoms with Gasteiger partial charge in [-0.2, -0.15) is 5.10 Å². The van der Waals surface area contributed by atoms with Crippen LogP contribution in [0.25, 0.3) is 0 Å². The van der Waals surface area contributed by atoms with Crippen molar-refractivity contribution in [2.24, 2.45) is 5.10 Å². The van der Waals surface area contributed by atoms with Crippen LogP contribution >= 0.6 is 0 Å². The van der Waals surface area contributed by atoms with Gasteiger partial charge in [0.05, 0.1) is 29.0 Å². The van der Waals surface area contributed by atoms with E-state index in [1.807, 2.05) is 60.7 Å². The summed E-state index contributed by atoms with van der Waals surface area (Å²) in [7, 11) is 0. The van der Waals surface area contributed by atoms with Crippen molar-refractivity contribution < 1.29 is 19.6 Å². The predicted octanol–water partition coefficient (Wildman–Crippen LogP) is 5.62. The number of anilines is 1. The van der Waals surface area contributed by atoms with Gasteiger partial charge in [-0.25, -0.2) is 0 Å². The number of ether oxygens (including phenoxy) is 1. The average Bonchev–Trinajstić information content (AvgIpc) is 2.98. The van der Waals surface area contributed by atoms with Gasteiger partial charge in [0.15, 0.2) is 0 Å². The molecule has 0 bridgehead atoms. The second kappa shape index (κ2) is 13.7. The molecule has 0 heterocycles. The number of nitro groups is 1. The van der Waals surface area contributed by atoms with E-state index in [0.717, 1.165) is 16.7 Å². The zero-order valence-corrected chi connectivity index (χ0v) is 21.9. The first-order valence-corrected chi connectivity index (χ1v) is 12.8. The maximum atomic E-state index is 13.2. The fraction of sp³-hybridized carbons (Fsp3) is 0.161. The number of nitrogens with zero attached hydrogens (tertiary/aromatic N) is 2. The van der Waals surface area contributed by atoms with Gasteiger partial charge in [0.1, 0.15) is 11.8 Å². The smallest absolute Gasteiger partial charge is 0.323 e. The molecule has 0 aliphatic rings. The molecule has 0 amide bonds. The fourth-order valence-corrected chi connectivity index (χ4v) is 4.19. The number of hydrogen-bond donors (Lipinski definition) is 3. The van der Waals surface area contributed by atoms with Crippen LogP contribution in [-0.2, 0) is 16.0 Å². The van der Waals surface area contributed by atoms with Gasteiger partial charge < -0.3 is 9.84 Å². The number of rotatable bonds is 12. The standard InChI is InChI=1S/C31H30N4O5/c1-2-40-31(37)28(21-22-13-19-27(36)20-14-22)32-29(23-9-5-3-6-10-23)30(24-11-7-4-8-12-24)34-33-25-15-17-26(18-16-25)35(38)39/h3-20,28-29,32-33,36H,2,21H2,1H3/b34-30-/t28-,29?/m0/s1. The van der Waals surface area contributed by atoms with Crippen LogP contribution in [0.1, 0.15) is 29.7 Å². The largest absolute Gasteiger partial charge is 0.508 e. The van der Waals surface area contributed by atoms with E-state index in [2.05, 4.69) is 10.7 Å². The summed E-state index contributed by atoms with van der Waals surface area (Å²) in [5.41, 5.74) is 6.70. The molecule has 1 unspecified atom stereocenters. The quantitative estimate of drug-likeness (QED) is 0.0925. The number of nitro benzene ring substituents is 1. The normalized spacial score (nSPS) is 12.8. The Morgan fingerprint density at radius 1 is 0.925 bits per heavy atom. The number of nitrogens with one attached hydrogen (secondary N) is 2. The number of hydrazone groups is 1. The van der Waals surface area contributed by atoms with E-state index in [1.54, 1.807) is 43.3 Å². The Bertz CT molecular complexity index is 1430. The SMILES string of the molecule is CCOC(=O)[C@H](Cc1ccc(O)cc1)NC(/C(=N\Nc1ccc([N+](=O)[O-])cc1)c1ccccc1)c1ccccc1. The van der Waals surface area contributed by atoms with Crippen molar-refractivity contribution in [2.75, 3.05) is 12.0 Å². The molecule has 4 aromatic carbocycles. The summed E-state index contributed by atoms with van der Waals surface area (Å²) in [5, 5.41) is 29.0. The molecule has 0 aliphatic heterocycles. The highest BCUT2D eigenvalue weighted by Gasteiger charge is 2.28. The molecule has 0 fully saturated rings. The number of carbonyl (C=O) groups excluding carboxylic acids is 1. The minimum absolute atomic E-state index is 0.0202. The van der Waals surface area contributed by atoms with Crippen LogP contribution < -0.4 is 10.7 Å². The Labute approximate surface area is 232 Å². The number of aromatic hydroxyl groups is 1. The molecule has 0 aromatic heterocycles. The summed E-state index contributed by atoms with van der Waals surface area (Å²) >= 11 is 0. The van der Waals surface area contributed by atoms with Crippen molar-refractivity contribution in [3.63, 3.8) is 0 Å². The summed E-state index contributed by atoms with van der Waals surface area (Å²) in [6, 6.07) is 30.6. The monoisotopic (exact) mass is 538 g/mol. The fourth-order valence-electron chi connectivity index (χ4n) is 4.19. The third-order valence-electron chi connectivity index (χ3n) is 6.17. The first-order chi connectivity index (χ1) is 19.4. The third kappa shape index (κ3) is 7.52. The lowest BCUT2D eigenvalue weighted by Gasteiger charge is -2.27. The summed E-state index contributed by atoms with van der Waals surface area (Å²) in [4.78, 5) is 23.8. The van der Waals surface area contributed by atoms with E-state index in [1.165, 1.54) is 12.1 Å². The van der Waals surface area contributed by atoms with E-state index >= 15 is 0 Å². The van der Waals surface area contributed by atoms with Crippen LogP contribution in [0.4, 0.5) is 11.4 Å². The number of carbonyl (C=O) groups is 1. The highest BCUT2D eigenvalue weighted by atomic mass is 16.6. The van der Waals surface area contributed by atoms with Crippen LogP contribution in [0.15, 0.2) is 114 Å². The molecule has 2 atom stereocenters. The molecule has 0 aliphatic carbocycles. The van der Waals surface area contributed by atoms with Gasteiger partial charge in [-0.3, -0.25) is 25.7 Å². The zero-order chi connectivity index (χ0) is 28.3. The molecular formula is C31H30N4O5. The van der Waals surface area contributed by atoms with E-state index in [4.69, 9.17) is 9.84 Å². The number of benzene rings is 4. The van der Waals surface area contributed by atoms with E-state index in [0.29, 0.717) is 17.8 Å². The molecule has 204 valence electrons. The highest BCUT2D eigenvalue weighted by molar-refractivity contribution is 6.05. The van der Waals surface area contributed by atoms with Crippen LogP contribution in [0.2, 0.25) is 0 Å². The van der Waals surface area contributed by atoms with E-state index < -0.39 is 23.0 Å². The molecule has 0 radical (unpaired) electrons. The second-order valence-electron chi connectivity index (χ2n) is 8.96. The van der Waals surface area contributed by atoms with Crippen molar-refractivity contribution in [3.05, 3.63) is 136 Å². The van der Waals surface area contributed by atoms with E-state index in [9.17, 15) is 20.0 Å². The molecule has 0 saturated carbocycles. The third-order valence-corrected chi connectivity index (χ3v) is 6.17. The molecule has 0 saturated heterocycles. The van der Waals surface area contributed by atoms with Crippen LogP contribution in [0.3, 0.4) is 0 Å². The molecule has 9 heteroatoms. The Morgan fingerprint density at radius 2 is 1.55 bits per heavy atom. The Kier molecular flexibility index (Phi) is 9.58. The molecule has 9 nitrogen and oxygen atoms in total. The van der Waals surface area contributed by atoms with Gasteiger partial charge in [-0.1, -0.05) is 72.8 Å². The zero-order valence-electron chi connectivity index (χ0n) is 21.9. The Morgan fingerprint density at radius 3 is 2.15 bits per heavy atom. The number of hydrogen-bond acceptors (Lipinski definition) is 8. The Balaban J connectivity index is 1.74. The number of non-ortho nitro benzene ring substituents is 1. The number of esters is 1. The summed E-state index contributed by atoms with van der Waals surface area (Å²) in [6.45, 7) is 1.99. The Hall–Kier alpha value is -5.02. The minimum Gasteiger partial charge on any atom is -0.508 e. The molecule has 0 spiro atoms. The highest BCUT2D eigenvalue weighted by Crippen LogP contribution is 2.23. The van der Waals surface area contributed by atoms with Crippen molar-refractivity contribution in [1.29, 1.82) is 0 Å². The predicted molar refractivity (Wildman–Crippen MR) is 154 cm³/mol. The number of phenols is 1. The summed E-state index contributed by atoms with van der Waals surface area (Å²) < 4.78 is 5.42. The van der Waals surface area contributed by atoms with Crippen molar-refractivity contribution >= 4 is 23.1 Å². The second-order valence-corrected chi connectivity index (χ2v) is 8.96. The first kappa shape index (κ1) is 28.0. The molecule has 4 aromatic rings. The lowest BCUT2D eigenvalue weighted by atomic mass is 9.94. The lowest BCUT2D eigenvalue weighted by molar-refractivity contribution is -0.384. The molecule has 40 heavy (non-hydrogen) atoms. The maximum absolute atomic E-state index is 13.2. The van der Waals surface area contributed by atoms with Gasteiger partial charge in [-0.05, 0) is 54.3 Å². The minimum atomic E-state index is -0.733. The van der Waals surface area contributed by atoms with Crippen LogP contribution in [0.5, 0.6) is 5.75 Å². The first-order valence-electron chi connectivity index (χ1n) is 12.8. The molecular weight excluding hydrogens is 508 g/mol. The van der Waals surface area contributed by atoms with Gasteiger partial charge in [0.25, 0.3) is 5.69 Å². The van der Waals surface area contributed by atoms with Gasteiger partial charge in [-0.15, -0.1) is 0 Å². The average molecular weight is 539 g/mol.